The van der Waals surface area contributed by atoms with Crippen LogP contribution >= 0.6 is 15.9 Å². The van der Waals surface area contributed by atoms with Gasteiger partial charge in [-0.25, -0.2) is 9.37 Å². The number of anilines is 1. The van der Waals surface area contributed by atoms with Gasteiger partial charge in [0.25, 0.3) is 5.91 Å². The minimum Gasteiger partial charge on any atom is -0.481 e. The molecule has 98 valence electrons. The van der Waals surface area contributed by atoms with Gasteiger partial charge in [0.05, 0.1) is 6.20 Å². The molecule has 0 unspecified atom stereocenters. The average molecular weight is 326 g/mol. The van der Waals surface area contributed by atoms with Crippen LogP contribution in [0.4, 0.5) is 10.2 Å². The molecule has 7 heteroatoms. The first-order chi connectivity index (χ1) is 9.15. The average Bonchev–Trinajstić information content (AvgIpc) is 2.39. The van der Waals surface area contributed by atoms with E-state index in [1.54, 1.807) is 6.07 Å². The Balaban J connectivity index is 1.90. The third-order valence-corrected chi connectivity index (χ3v) is 2.58. The number of amides is 1. The molecule has 2 rings (SSSR count). The molecule has 0 saturated carbocycles. The first-order valence-corrected chi connectivity index (χ1v) is 6.08. The van der Waals surface area contributed by atoms with Crippen molar-refractivity contribution in [2.75, 3.05) is 11.9 Å². The second-order valence-electron chi connectivity index (χ2n) is 3.50. The molecule has 0 aliphatic rings. The van der Waals surface area contributed by atoms with Crippen LogP contribution in [0, 0.1) is 5.82 Å². The summed E-state index contributed by atoms with van der Waals surface area (Å²) in [5.41, 5.74) is 0. The maximum atomic E-state index is 13.4. The molecule has 1 N–H and O–H groups in total. The largest absolute Gasteiger partial charge is 0.481 e. The molecule has 0 radical (unpaired) electrons. The van der Waals surface area contributed by atoms with Gasteiger partial charge in [-0.3, -0.25) is 9.78 Å². The van der Waals surface area contributed by atoms with Crippen LogP contribution in [0.25, 0.3) is 0 Å². The zero-order chi connectivity index (χ0) is 13.7. The number of nitrogens with zero attached hydrogens (tertiary/aromatic N) is 2. The van der Waals surface area contributed by atoms with Crippen molar-refractivity contribution < 1.29 is 13.9 Å². The summed E-state index contributed by atoms with van der Waals surface area (Å²) in [6.45, 7) is -0.310. The van der Waals surface area contributed by atoms with Crippen LogP contribution in [0.5, 0.6) is 5.75 Å². The van der Waals surface area contributed by atoms with Gasteiger partial charge in [0.1, 0.15) is 0 Å². The summed E-state index contributed by atoms with van der Waals surface area (Å²) < 4.78 is 19.1. The zero-order valence-corrected chi connectivity index (χ0v) is 11.2. The fourth-order valence-electron chi connectivity index (χ4n) is 1.28. The number of carbonyl (C=O) groups is 1. The SMILES string of the molecule is O=C(COc1ccc(Br)cc1F)Nc1cnccn1. The van der Waals surface area contributed by atoms with Crippen molar-refractivity contribution in [3.63, 3.8) is 0 Å². The van der Waals surface area contributed by atoms with Gasteiger partial charge in [-0.2, -0.15) is 0 Å². The van der Waals surface area contributed by atoms with Crippen LogP contribution in [0.1, 0.15) is 0 Å². The number of halogens is 2. The third kappa shape index (κ3) is 3.99. The molecule has 19 heavy (non-hydrogen) atoms. The van der Waals surface area contributed by atoms with E-state index in [1.807, 2.05) is 0 Å². The predicted molar refractivity (Wildman–Crippen MR) is 70.3 cm³/mol. The Kier molecular flexibility index (Phi) is 4.40. The Bertz CT molecular complexity index is 580. The monoisotopic (exact) mass is 325 g/mol. The molecule has 1 aromatic heterocycles. The molecule has 0 aliphatic heterocycles. The highest BCUT2D eigenvalue weighted by molar-refractivity contribution is 9.10. The van der Waals surface area contributed by atoms with Crippen LogP contribution in [-0.4, -0.2) is 22.5 Å². The topological polar surface area (TPSA) is 64.1 Å². The lowest BCUT2D eigenvalue weighted by molar-refractivity contribution is -0.118. The molecule has 0 spiro atoms. The Hall–Kier alpha value is -2.02. The minimum absolute atomic E-state index is 0.0116. The Morgan fingerprint density at radius 3 is 2.95 bits per heavy atom. The summed E-state index contributed by atoms with van der Waals surface area (Å²) in [5, 5.41) is 2.47. The molecule has 5 nitrogen and oxygen atoms in total. The Morgan fingerprint density at radius 1 is 1.42 bits per heavy atom. The molecule has 1 heterocycles. The van der Waals surface area contributed by atoms with Crippen LogP contribution < -0.4 is 10.1 Å². The summed E-state index contributed by atoms with van der Waals surface area (Å²) in [6, 6.07) is 4.32. The Morgan fingerprint density at radius 2 is 2.26 bits per heavy atom. The lowest BCUT2D eigenvalue weighted by Crippen LogP contribution is -2.21. The van der Waals surface area contributed by atoms with Gasteiger partial charge in [0, 0.05) is 16.9 Å². The van der Waals surface area contributed by atoms with Crippen molar-refractivity contribution in [1.29, 1.82) is 0 Å². The number of benzene rings is 1. The number of hydrogen-bond acceptors (Lipinski definition) is 4. The summed E-state index contributed by atoms with van der Waals surface area (Å²) >= 11 is 3.13. The fraction of sp³-hybridized carbons (Fsp3) is 0.0833. The van der Waals surface area contributed by atoms with Gasteiger partial charge >= 0.3 is 0 Å². The number of nitrogens with one attached hydrogen (secondary N) is 1. The lowest BCUT2D eigenvalue weighted by atomic mass is 10.3. The van der Waals surface area contributed by atoms with E-state index >= 15 is 0 Å². The second-order valence-corrected chi connectivity index (χ2v) is 4.42. The van der Waals surface area contributed by atoms with E-state index < -0.39 is 11.7 Å². The van der Waals surface area contributed by atoms with E-state index in [1.165, 1.54) is 30.7 Å². The smallest absolute Gasteiger partial charge is 0.263 e. The first-order valence-electron chi connectivity index (χ1n) is 5.29. The number of hydrogen-bond donors (Lipinski definition) is 1. The van der Waals surface area contributed by atoms with Gasteiger partial charge in [-0.05, 0) is 18.2 Å². The molecule has 2 aromatic rings. The molecule has 0 saturated heterocycles. The first kappa shape index (κ1) is 13.4. The Labute approximate surface area is 117 Å². The van der Waals surface area contributed by atoms with E-state index in [0.29, 0.717) is 10.3 Å². The highest BCUT2D eigenvalue weighted by Gasteiger charge is 2.08. The quantitative estimate of drug-likeness (QED) is 0.937. The van der Waals surface area contributed by atoms with Crippen molar-refractivity contribution in [3.8, 4) is 5.75 Å². The van der Waals surface area contributed by atoms with Crippen molar-refractivity contribution in [2.45, 2.75) is 0 Å². The molecule has 1 aromatic carbocycles. The van der Waals surface area contributed by atoms with E-state index in [-0.39, 0.29) is 12.4 Å². The molecule has 0 aliphatic carbocycles. The summed E-state index contributed by atoms with van der Waals surface area (Å²) in [5.74, 6) is -0.658. The normalized spacial score (nSPS) is 10.0. The lowest BCUT2D eigenvalue weighted by Gasteiger charge is -2.07. The van der Waals surface area contributed by atoms with Crippen LogP contribution in [0.3, 0.4) is 0 Å². The number of carbonyl (C=O) groups excluding carboxylic acids is 1. The highest BCUT2D eigenvalue weighted by Crippen LogP contribution is 2.21. The summed E-state index contributed by atoms with van der Waals surface area (Å²) in [7, 11) is 0. The molecule has 0 fully saturated rings. The van der Waals surface area contributed by atoms with Crippen molar-refractivity contribution in [3.05, 3.63) is 47.1 Å². The molecule has 1 amide bonds. The second kappa shape index (κ2) is 6.24. The number of rotatable bonds is 4. The minimum atomic E-state index is -0.540. The predicted octanol–water partition coefficient (Wildman–Crippen LogP) is 2.40. The van der Waals surface area contributed by atoms with E-state index in [2.05, 4.69) is 31.2 Å². The molecule has 0 atom stereocenters. The summed E-state index contributed by atoms with van der Waals surface area (Å²) in [4.78, 5) is 19.2. The van der Waals surface area contributed by atoms with E-state index in [9.17, 15) is 9.18 Å². The van der Waals surface area contributed by atoms with Crippen LogP contribution in [0.15, 0.2) is 41.3 Å². The number of ether oxygens (including phenoxy) is 1. The maximum absolute atomic E-state index is 13.4. The number of aromatic nitrogens is 2. The highest BCUT2D eigenvalue weighted by atomic mass is 79.9. The molecular weight excluding hydrogens is 317 g/mol. The van der Waals surface area contributed by atoms with Gasteiger partial charge < -0.3 is 10.1 Å². The van der Waals surface area contributed by atoms with Crippen LogP contribution in [-0.2, 0) is 4.79 Å². The third-order valence-electron chi connectivity index (χ3n) is 2.08. The van der Waals surface area contributed by atoms with Gasteiger partial charge in [-0.1, -0.05) is 15.9 Å². The molecular formula is C12H9BrFN3O2. The molecule has 0 bridgehead atoms. The summed E-state index contributed by atoms with van der Waals surface area (Å²) in [6.07, 6.45) is 4.34. The van der Waals surface area contributed by atoms with E-state index in [0.717, 1.165) is 0 Å². The van der Waals surface area contributed by atoms with Crippen LogP contribution in [0.2, 0.25) is 0 Å². The van der Waals surface area contributed by atoms with Gasteiger partial charge in [0.2, 0.25) is 0 Å². The van der Waals surface area contributed by atoms with Crippen molar-refractivity contribution >= 4 is 27.7 Å². The maximum Gasteiger partial charge on any atom is 0.263 e. The van der Waals surface area contributed by atoms with Crippen molar-refractivity contribution in [2.24, 2.45) is 0 Å². The standard InChI is InChI=1S/C12H9BrFN3O2/c13-8-1-2-10(9(14)5-8)19-7-12(18)17-11-6-15-3-4-16-11/h1-6H,7H2,(H,16,17,18). The van der Waals surface area contributed by atoms with Gasteiger partial charge in [-0.15, -0.1) is 0 Å². The fourth-order valence-corrected chi connectivity index (χ4v) is 1.61. The zero-order valence-electron chi connectivity index (χ0n) is 9.64. The van der Waals surface area contributed by atoms with Crippen molar-refractivity contribution in [1.82, 2.24) is 9.97 Å². The van der Waals surface area contributed by atoms with Gasteiger partial charge in [0.15, 0.2) is 24.0 Å². The van der Waals surface area contributed by atoms with E-state index in [4.69, 9.17) is 4.74 Å².